The smallest absolute Gasteiger partial charge is 0.0476 e. The lowest BCUT2D eigenvalue weighted by molar-refractivity contribution is 1.29. The van der Waals surface area contributed by atoms with Crippen LogP contribution in [0.2, 0.25) is 0 Å². The standard InChI is InChI=1S/C46H29NS2/c1-2-10-30(11-3-1)33-13-8-14-35(28-33)47(36-25-26-41-44(29-36)48-43-27-22-31-12-4-5-15-37(31)45(41)43)34-23-20-32(21-24-34)38-17-9-18-40-39-16-6-7-19-42(39)49-46(38)40/h1-29H. The van der Waals surface area contributed by atoms with Crippen molar-refractivity contribution in [2.45, 2.75) is 0 Å². The minimum atomic E-state index is 1.13. The summed E-state index contributed by atoms with van der Waals surface area (Å²) in [6.07, 6.45) is 0. The summed E-state index contributed by atoms with van der Waals surface area (Å²) in [6.45, 7) is 0. The summed E-state index contributed by atoms with van der Waals surface area (Å²) < 4.78 is 5.28. The van der Waals surface area contributed by atoms with Crippen molar-refractivity contribution < 1.29 is 0 Å². The lowest BCUT2D eigenvalue weighted by Gasteiger charge is -2.26. The van der Waals surface area contributed by atoms with Crippen LogP contribution in [0.5, 0.6) is 0 Å². The first-order valence-electron chi connectivity index (χ1n) is 16.6. The van der Waals surface area contributed by atoms with Crippen molar-refractivity contribution in [3.63, 3.8) is 0 Å². The summed E-state index contributed by atoms with van der Waals surface area (Å²) in [7, 11) is 0. The van der Waals surface area contributed by atoms with Gasteiger partial charge in [-0.3, -0.25) is 0 Å². The molecule has 8 aromatic carbocycles. The minimum absolute atomic E-state index is 1.13. The molecule has 2 heterocycles. The fraction of sp³-hybridized carbons (Fsp3) is 0. The molecule has 0 radical (unpaired) electrons. The zero-order valence-electron chi connectivity index (χ0n) is 26.5. The fourth-order valence-corrected chi connectivity index (χ4v) is 9.73. The number of rotatable bonds is 5. The van der Waals surface area contributed by atoms with Crippen LogP contribution in [0.3, 0.4) is 0 Å². The topological polar surface area (TPSA) is 3.24 Å². The van der Waals surface area contributed by atoms with E-state index in [9.17, 15) is 0 Å². The maximum absolute atomic E-state index is 2.40. The maximum atomic E-state index is 2.40. The minimum Gasteiger partial charge on any atom is -0.310 e. The normalized spacial score (nSPS) is 11.7. The summed E-state index contributed by atoms with van der Waals surface area (Å²) in [5.41, 5.74) is 8.32. The Bertz CT molecular complexity index is 2830. The van der Waals surface area contributed by atoms with Crippen molar-refractivity contribution in [3.8, 4) is 22.3 Å². The van der Waals surface area contributed by atoms with Gasteiger partial charge in [-0.15, -0.1) is 22.7 Å². The van der Waals surface area contributed by atoms with Crippen molar-refractivity contribution in [1.82, 2.24) is 0 Å². The van der Waals surface area contributed by atoms with Gasteiger partial charge in [0.25, 0.3) is 0 Å². The van der Waals surface area contributed by atoms with Crippen molar-refractivity contribution in [2.75, 3.05) is 4.90 Å². The Labute approximate surface area is 292 Å². The average Bonchev–Trinajstić information content (AvgIpc) is 3.74. The molecule has 0 atom stereocenters. The first kappa shape index (κ1) is 28.3. The molecule has 0 bridgehead atoms. The highest BCUT2D eigenvalue weighted by molar-refractivity contribution is 7.26. The highest BCUT2D eigenvalue weighted by Crippen LogP contribution is 2.44. The molecule has 0 amide bonds. The zero-order valence-corrected chi connectivity index (χ0v) is 28.1. The number of fused-ring (bicyclic) bond motifs is 8. The number of thiophene rings is 2. The second-order valence-electron chi connectivity index (χ2n) is 12.5. The van der Waals surface area contributed by atoms with Crippen LogP contribution in [-0.4, -0.2) is 0 Å². The van der Waals surface area contributed by atoms with Gasteiger partial charge in [-0.05, 0) is 81.6 Å². The molecule has 0 aliphatic heterocycles. The molecule has 0 aliphatic carbocycles. The largest absolute Gasteiger partial charge is 0.310 e. The van der Waals surface area contributed by atoms with Crippen LogP contribution < -0.4 is 4.90 Å². The Balaban J connectivity index is 1.13. The summed E-state index contributed by atoms with van der Waals surface area (Å²) in [5, 5.41) is 7.91. The van der Waals surface area contributed by atoms with Gasteiger partial charge in [0.1, 0.15) is 0 Å². The Morgan fingerprint density at radius 2 is 1.06 bits per heavy atom. The molecule has 0 fully saturated rings. The van der Waals surface area contributed by atoms with E-state index >= 15 is 0 Å². The molecule has 0 saturated heterocycles. The number of benzene rings is 8. The molecule has 230 valence electrons. The van der Waals surface area contributed by atoms with Gasteiger partial charge in [0.05, 0.1) is 0 Å². The third-order valence-electron chi connectivity index (χ3n) is 9.66. The molecule has 0 saturated carbocycles. The van der Waals surface area contributed by atoms with Crippen LogP contribution in [0.25, 0.3) is 73.4 Å². The Morgan fingerprint density at radius 3 is 1.96 bits per heavy atom. The Hall–Kier alpha value is -5.74. The van der Waals surface area contributed by atoms with Gasteiger partial charge in [-0.1, -0.05) is 127 Å². The van der Waals surface area contributed by atoms with E-state index in [1.54, 1.807) is 0 Å². The van der Waals surface area contributed by atoms with Gasteiger partial charge in [0, 0.05) is 57.4 Å². The first-order valence-corrected chi connectivity index (χ1v) is 18.2. The number of hydrogen-bond acceptors (Lipinski definition) is 3. The predicted molar refractivity (Wildman–Crippen MR) is 215 cm³/mol. The molecule has 0 aliphatic rings. The van der Waals surface area contributed by atoms with Crippen molar-refractivity contribution in [1.29, 1.82) is 0 Å². The molecular formula is C46H29NS2. The van der Waals surface area contributed by atoms with Gasteiger partial charge >= 0.3 is 0 Å². The van der Waals surface area contributed by atoms with Gasteiger partial charge in [-0.2, -0.15) is 0 Å². The van der Waals surface area contributed by atoms with Crippen molar-refractivity contribution in [3.05, 3.63) is 176 Å². The van der Waals surface area contributed by atoms with E-state index in [0.717, 1.165) is 17.1 Å². The van der Waals surface area contributed by atoms with Gasteiger partial charge in [-0.25, -0.2) is 0 Å². The van der Waals surface area contributed by atoms with Crippen LogP contribution >= 0.6 is 22.7 Å². The SMILES string of the molecule is c1ccc(-c2cccc(N(c3ccc(-c4cccc5c4sc4ccccc45)cc3)c3ccc4c(c3)sc3ccc5ccccc5c34)c2)cc1. The summed E-state index contributed by atoms with van der Waals surface area (Å²) >= 11 is 3.76. The summed E-state index contributed by atoms with van der Waals surface area (Å²) in [4.78, 5) is 2.40. The number of hydrogen-bond donors (Lipinski definition) is 0. The van der Waals surface area contributed by atoms with Gasteiger partial charge < -0.3 is 4.90 Å². The highest BCUT2D eigenvalue weighted by atomic mass is 32.1. The predicted octanol–water partition coefficient (Wildman–Crippen LogP) is 14.4. The monoisotopic (exact) mass is 659 g/mol. The highest BCUT2D eigenvalue weighted by Gasteiger charge is 2.17. The lowest BCUT2D eigenvalue weighted by atomic mass is 10.0. The van der Waals surface area contributed by atoms with Crippen LogP contribution in [0.4, 0.5) is 17.1 Å². The van der Waals surface area contributed by atoms with E-state index in [2.05, 4.69) is 181 Å². The second kappa shape index (κ2) is 11.5. The van der Waals surface area contributed by atoms with Crippen LogP contribution in [-0.2, 0) is 0 Å². The van der Waals surface area contributed by atoms with E-state index in [0.29, 0.717) is 0 Å². The average molecular weight is 660 g/mol. The van der Waals surface area contributed by atoms with Crippen molar-refractivity contribution >= 4 is 90.9 Å². The number of anilines is 3. The molecule has 2 aromatic heterocycles. The van der Waals surface area contributed by atoms with E-state index in [1.807, 2.05) is 22.7 Å². The van der Waals surface area contributed by atoms with E-state index in [-0.39, 0.29) is 0 Å². The zero-order chi connectivity index (χ0) is 32.3. The van der Waals surface area contributed by atoms with Crippen LogP contribution in [0.1, 0.15) is 0 Å². The quantitative estimate of drug-likeness (QED) is 0.178. The van der Waals surface area contributed by atoms with Crippen LogP contribution in [0.15, 0.2) is 176 Å². The summed E-state index contributed by atoms with van der Waals surface area (Å²) in [6, 6.07) is 64.3. The van der Waals surface area contributed by atoms with Crippen molar-refractivity contribution in [2.24, 2.45) is 0 Å². The molecule has 1 nitrogen and oxygen atoms in total. The fourth-order valence-electron chi connectivity index (χ4n) is 7.34. The van der Waals surface area contributed by atoms with Gasteiger partial charge in [0.2, 0.25) is 0 Å². The van der Waals surface area contributed by atoms with Crippen LogP contribution in [0, 0.1) is 0 Å². The maximum Gasteiger partial charge on any atom is 0.0476 e. The van der Waals surface area contributed by atoms with E-state index in [1.165, 1.54) is 73.4 Å². The molecule has 49 heavy (non-hydrogen) atoms. The van der Waals surface area contributed by atoms with E-state index in [4.69, 9.17) is 0 Å². The molecule has 0 N–H and O–H groups in total. The molecule has 10 aromatic rings. The molecule has 0 unspecified atom stereocenters. The second-order valence-corrected chi connectivity index (χ2v) is 14.7. The Kier molecular flexibility index (Phi) is 6.61. The summed E-state index contributed by atoms with van der Waals surface area (Å²) in [5.74, 6) is 0. The lowest BCUT2D eigenvalue weighted by Crippen LogP contribution is -2.09. The Morgan fingerprint density at radius 1 is 0.347 bits per heavy atom. The third-order valence-corrected chi connectivity index (χ3v) is 12.0. The molecule has 10 rings (SSSR count). The third kappa shape index (κ3) is 4.74. The first-order chi connectivity index (χ1) is 24.3. The van der Waals surface area contributed by atoms with E-state index < -0.39 is 0 Å². The molecule has 0 spiro atoms. The van der Waals surface area contributed by atoms with Gasteiger partial charge in [0.15, 0.2) is 0 Å². The number of nitrogens with zero attached hydrogens (tertiary/aromatic N) is 1. The molecule has 3 heteroatoms. The molecular weight excluding hydrogens is 631 g/mol.